The van der Waals surface area contributed by atoms with Gasteiger partial charge in [0.15, 0.2) is 5.13 Å². The molecule has 3 aromatic rings. The normalized spacial score (nSPS) is 10.4. The summed E-state index contributed by atoms with van der Waals surface area (Å²) in [6.45, 7) is 0.108. The van der Waals surface area contributed by atoms with Crippen LogP contribution in [0.4, 0.5) is 5.13 Å². The maximum Gasteiger partial charge on any atom is 0.295 e. The van der Waals surface area contributed by atoms with E-state index in [4.69, 9.17) is 16.4 Å². The van der Waals surface area contributed by atoms with Gasteiger partial charge in [-0.2, -0.15) is 4.73 Å². The highest BCUT2D eigenvalue weighted by Gasteiger charge is 2.14. The molecular formula is C16H12ClN3O3S. The molecule has 0 aliphatic carbocycles. The zero-order valence-electron chi connectivity index (χ0n) is 12.3. The van der Waals surface area contributed by atoms with Crippen molar-refractivity contribution in [1.82, 2.24) is 9.71 Å². The average molecular weight is 362 g/mol. The predicted molar refractivity (Wildman–Crippen MR) is 92.5 cm³/mol. The van der Waals surface area contributed by atoms with Gasteiger partial charge in [0.2, 0.25) is 0 Å². The van der Waals surface area contributed by atoms with E-state index in [1.54, 1.807) is 29.8 Å². The average Bonchev–Trinajstić information content (AvgIpc) is 3.08. The largest absolute Gasteiger partial charge is 0.406 e. The van der Waals surface area contributed by atoms with Crippen LogP contribution in [-0.2, 0) is 6.61 Å². The van der Waals surface area contributed by atoms with Gasteiger partial charge in [0.1, 0.15) is 12.2 Å². The van der Waals surface area contributed by atoms with E-state index in [1.807, 2.05) is 12.1 Å². The van der Waals surface area contributed by atoms with E-state index in [9.17, 15) is 9.59 Å². The minimum Gasteiger partial charge on any atom is -0.406 e. The van der Waals surface area contributed by atoms with Crippen molar-refractivity contribution in [3.63, 3.8) is 0 Å². The lowest BCUT2D eigenvalue weighted by Gasteiger charge is -2.10. The third kappa shape index (κ3) is 3.64. The van der Waals surface area contributed by atoms with Gasteiger partial charge in [-0.1, -0.05) is 29.8 Å². The Morgan fingerprint density at radius 3 is 2.88 bits per heavy atom. The van der Waals surface area contributed by atoms with Crippen molar-refractivity contribution in [2.75, 3.05) is 5.32 Å². The lowest BCUT2D eigenvalue weighted by molar-refractivity contribution is 0.0864. The summed E-state index contributed by atoms with van der Waals surface area (Å²) >= 11 is 7.32. The molecule has 0 spiro atoms. The number of thiazole rings is 1. The molecule has 6 nitrogen and oxygen atoms in total. The summed E-state index contributed by atoms with van der Waals surface area (Å²) < 4.78 is 1.01. The molecule has 0 radical (unpaired) electrons. The Kier molecular flexibility index (Phi) is 4.93. The molecule has 0 saturated carbocycles. The molecule has 0 aliphatic heterocycles. The molecule has 0 aliphatic rings. The first-order valence-corrected chi connectivity index (χ1v) is 8.20. The van der Waals surface area contributed by atoms with Crippen LogP contribution in [-0.4, -0.2) is 15.6 Å². The van der Waals surface area contributed by atoms with Crippen molar-refractivity contribution < 1.29 is 9.63 Å². The first-order chi connectivity index (χ1) is 11.6. The number of pyridine rings is 1. The molecule has 1 amide bonds. The summed E-state index contributed by atoms with van der Waals surface area (Å²) in [4.78, 5) is 34.0. The highest BCUT2D eigenvalue weighted by molar-refractivity contribution is 7.13. The van der Waals surface area contributed by atoms with E-state index < -0.39 is 11.5 Å². The maximum atomic E-state index is 12.4. The van der Waals surface area contributed by atoms with Crippen LogP contribution in [0.3, 0.4) is 0 Å². The van der Waals surface area contributed by atoms with Gasteiger partial charge in [0, 0.05) is 28.4 Å². The van der Waals surface area contributed by atoms with Gasteiger partial charge in [-0.3, -0.25) is 14.9 Å². The molecule has 122 valence electrons. The summed E-state index contributed by atoms with van der Waals surface area (Å²) in [6.07, 6.45) is 3.01. The van der Waals surface area contributed by atoms with Crippen LogP contribution < -0.4 is 15.7 Å². The second-order valence-corrected chi connectivity index (χ2v) is 6.01. The summed E-state index contributed by atoms with van der Waals surface area (Å²) in [7, 11) is 0. The molecule has 2 heterocycles. The first kappa shape index (κ1) is 16.2. The fraction of sp³-hybridized carbons (Fsp3) is 0.0625. The molecule has 0 unspecified atom stereocenters. The fourth-order valence-electron chi connectivity index (χ4n) is 1.95. The Bertz CT molecular complexity index is 909. The van der Waals surface area contributed by atoms with E-state index >= 15 is 0 Å². The zero-order valence-corrected chi connectivity index (χ0v) is 13.9. The minimum atomic E-state index is -0.557. The third-order valence-electron chi connectivity index (χ3n) is 3.13. The summed E-state index contributed by atoms with van der Waals surface area (Å²) in [5.74, 6) is -0.536. The first-order valence-electron chi connectivity index (χ1n) is 6.94. The number of halogens is 1. The van der Waals surface area contributed by atoms with E-state index in [-0.39, 0.29) is 12.2 Å². The number of nitrogens with one attached hydrogen (secondary N) is 1. The molecule has 24 heavy (non-hydrogen) atoms. The summed E-state index contributed by atoms with van der Waals surface area (Å²) in [6, 6.07) is 10.2. The van der Waals surface area contributed by atoms with Crippen molar-refractivity contribution >= 4 is 34.0 Å². The van der Waals surface area contributed by atoms with Crippen molar-refractivity contribution in [3.05, 3.63) is 80.7 Å². The molecule has 0 atom stereocenters. The molecule has 0 bridgehead atoms. The summed E-state index contributed by atoms with van der Waals surface area (Å²) in [5, 5.41) is 5.26. The molecule has 2 aromatic heterocycles. The molecular weight excluding hydrogens is 350 g/mol. The standard InChI is InChI=1S/C16H12ClN3O3S/c17-13-6-2-1-4-11(13)10-23-20-8-3-5-12(15(20)22)14(21)19-16-18-7-9-24-16/h1-9H,10H2,(H,18,19,21). The monoisotopic (exact) mass is 361 g/mol. The van der Waals surface area contributed by atoms with Crippen molar-refractivity contribution in [3.8, 4) is 0 Å². The number of hydrogen-bond donors (Lipinski definition) is 1. The van der Waals surface area contributed by atoms with E-state index in [0.29, 0.717) is 10.2 Å². The molecule has 0 saturated heterocycles. The van der Waals surface area contributed by atoms with Crippen molar-refractivity contribution in [2.24, 2.45) is 0 Å². The number of benzene rings is 1. The topological polar surface area (TPSA) is 73.2 Å². The van der Waals surface area contributed by atoms with E-state index in [2.05, 4.69) is 10.3 Å². The number of carbonyl (C=O) groups is 1. The Labute approximate surface area is 146 Å². The lowest BCUT2D eigenvalue weighted by atomic mass is 10.2. The predicted octanol–water partition coefficient (Wildman–Crippen LogP) is 2.84. The van der Waals surface area contributed by atoms with E-state index in [0.717, 1.165) is 10.3 Å². The molecule has 1 aromatic carbocycles. The SMILES string of the molecule is O=C(Nc1nccs1)c1cccn(OCc2ccccc2Cl)c1=O. The maximum absolute atomic E-state index is 12.4. The highest BCUT2D eigenvalue weighted by Crippen LogP contribution is 2.15. The second kappa shape index (κ2) is 7.29. The number of nitrogens with zero attached hydrogens (tertiary/aromatic N) is 2. The number of amides is 1. The van der Waals surface area contributed by atoms with Crippen LogP contribution >= 0.6 is 22.9 Å². The number of rotatable bonds is 5. The Morgan fingerprint density at radius 1 is 1.29 bits per heavy atom. The zero-order chi connectivity index (χ0) is 16.9. The number of aromatic nitrogens is 2. The van der Waals surface area contributed by atoms with Gasteiger partial charge >= 0.3 is 0 Å². The molecule has 3 rings (SSSR count). The highest BCUT2D eigenvalue weighted by atomic mass is 35.5. The van der Waals surface area contributed by atoms with Crippen LogP contribution in [0.5, 0.6) is 0 Å². The van der Waals surface area contributed by atoms with Crippen LogP contribution in [0.1, 0.15) is 15.9 Å². The third-order valence-corrected chi connectivity index (χ3v) is 4.19. The Morgan fingerprint density at radius 2 is 2.12 bits per heavy atom. The molecule has 0 fully saturated rings. The van der Waals surface area contributed by atoms with Crippen molar-refractivity contribution in [1.29, 1.82) is 0 Å². The lowest BCUT2D eigenvalue weighted by Crippen LogP contribution is -2.32. The Balaban J connectivity index is 1.77. The minimum absolute atomic E-state index is 0.0353. The van der Waals surface area contributed by atoms with Crippen LogP contribution in [0.2, 0.25) is 5.02 Å². The second-order valence-electron chi connectivity index (χ2n) is 4.71. The smallest absolute Gasteiger partial charge is 0.295 e. The molecule has 1 N–H and O–H groups in total. The number of carbonyl (C=O) groups excluding carboxylic acids is 1. The van der Waals surface area contributed by atoms with Crippen LogP contribution in [0.25, 0.3) is 0 Å². The summed E-state index contributed by atoms with van der Waals surface area (Å²) in [5.41, 5.74) is 0.147. The van der Waals surface area contributed by atoms with Crippen molar-refractivity contribution in [2.45, 2.75) is 6.61 Å². The number of hydrogen-bond acceptors (Lipinski definition) is 5. The number of anilines is 1. The van der Waals surface area contributed by atoms with Crippen LogP contribution in [0, 0.1) is 0 Å². The fourth-order valence-corrected chi connectivity index (χ4v) is 2.67. The van der Waals surface area contributed by atoms with Gasteiger partial charge in [-0.15, -0.1) is 11.3 Å². The van der Waals surface area contributed by atoms with Gasteiger partial charge < -0.3 is 4.84 Å². The van der Waals surface area contributed by atoms with E-state index in [1.165, 1.54) is 23.6 Å². The van der Waals surface area contributed by atoms with Crippen LogP contribution in [0.15, 0.2) is 59.0 Å². The quantitative estimate of drug-likeness (QED) is 0.758. The van der Waals surface area contributed by atoms with Gasteiger partial charge in [0.25, 0.3) is 11.5 Å². The van der Waals surface area contributed by atoms with Gasteiger partial charge in [-0.25, -0.2) is 4.98 Å². The van der Waals surface area contributed by atoms with Gasteiger partial charge in [-0.05, 0) is 18.2 Å². The Hall–Kier alpha value is -2.64. The van der Waals surface area contributed by atoms with Gasteiger partial charge in [0.05, 0.1) is 0 Å². The molecule has 8 heteroatoms.